The van der Waals surface area contributed by atoms with Crippen molar-refractivity contribution < 1.29 is 9.15 Å². The van der Waals surface area contributed by atoms with Gasteiger partial charge >= 0.3 is 0 Å². The third kappa shape index (κ3) is 1.66. The molecule has 0 aliphatic heterocycles. The van der Waals surface area contributed by atoms with E-state index in [9.17, 15) is 0 Å². The first-order valence-electron chi connectivity index (χ1n) is 5.43. The van der Waals surface area contributed by atoms with E-state index in [0.717, 1.165) is 11.3 Å². The van der Waals surface area contributed by atoms with Crippen LogP contribution in [0.5, 0.6) is 5.75 Å². The van der Waals surface area contributed by atoms with Crippen molar-refractivity contribution in [3.05, 3.63) is 36.5 Å². The lowest BCUT2D eigenvalue weighted by Crippen LogP contribution is -1.86. The summed E-state index contributed by atoms with van der Waals surface area (Å²) in [5.74, 6) is 1.28. The number of methoxy groups -OCH3 is 1. The molecule has 0 aliphatic rings. The molecule has 2 aromatic heterocycles. The quantitative estimate of drug-likeness (QED) is 0.746. The third-order valence-electron chi connectivity index (χ3n) is 2.67. The first kappa shape index (κ1) is 10.6. The molecule has 0 bridgehead atoms. The van der Waals surface area contributed by atoms with E-state index in [2.05, 4.69) is 9.97 Å². The Morgan fingerprint density at radius 2 is 1.94 bits per heavy atom. The van der Waals surface area contributed by atoms with Gasteiger partial charge in [-0.25, -0.2) is 9.97 Å². The molecule has 0 spiro atoms. The van der Waals surface area contributed by atoms with Crippen LogP contribution in [0.3, 0.4) is 0 Å². The molecule has 90 valence electrons. The zero-order chi connectivity index (χ0) is 12.5. The summed E-state index contributed by atoms with van der Waals surface area (Å²) in [4.78, 5) is 8.43. The Kier molecular flexibility index (Phi) is 2.37. The number of benzene rings is 1. The highest BCUT2D eigenvalue weighted by molar-refractivity contribution is 5.84. The molecule has 5 nitrogen and oxygen atoms in total. The first-order valence-corrected chi connectivity index (χ1v) is 5.43. The number of nitrogens with two attached hydrogens (primary N) is 1. The van der Waals surface area contributed by atoms with Gasteiger partial charge in [-0.1, -0.05) is 0 Å². The summed E-state index contributed by atoms with van der Waals surface area (Å²) >= 11 is 0. The van der Waals surface area contributed by atoms with Crippen molar-refractivity contribution in [1.29, 1.82) is 0 Å². The predicted octanol–water partition coefficient (Wildman–Crippen LogP) is 2.48. The van der Waals surface area contributed by atoms with Crippen LogP contribution < -0.4 is 10.5 Å². The third-order valence-corrected chi connectivity index (χ3v) is 2.67. The van der Waals surface area contributed by atoms with Gasteiger partial charge in [0.15, 0.2) is 5.52 Å². The molecule has 2 heterocycles. The topological polar surface area (TPSA) is 74.2 Å². The zero-order valence-electron chi connectivity index (χ0n) is 9.75. The number of pyridine rings is 1. The van der Waals surface area contributed by atoms with Crippen LogP contribution in [0.25, 0.3) is 22.7 Å². The van der Waals surface area contributed by atoms with Crippen molar-refractivity contribution in [1.82, 2.24) is 9.97 Å². The molecule has 0 radical (unpaired) electrons. The minimum absolute atomic E-state index is 0.445. The lowest BCUT2D eigenvalue weighted by atomic mass is 10.2. The van der Waals surface area contributed by atoms with Gasteiger partial charge in [0.1, 0.15) is 5.75 Å². The Bertz CT molecular complexity index is 689. The molecule has 0 atom stereocenters. The molecule has 3 rings (SSSR count). The molecule has 0 amide bonds. The normalized spacial score (nSPS) is 10.7. The number of hydrogen-bond acceptors (Lipinski definition) is 5. The van der Waals surface area contributed by atoms with Gasteiger partial charge in [0.25, 0.3) is 0 Å². The molecule has 2 N–H and O–H groups in total. The van der Waals surface area contributed by atoms with Gasteiger partial charge in [0.2, 0.25) is 11.6 Å². The van der Waals surface area contributed by atoms with Crippen LogP contribution in [0.15, 0.2) is 40.9 Å². The Hall–Kier alpha value is -2.56. The number of aromatic nitrogens is 2. The summed E-state index contributed by atoms with van der Waals surface area (Å²) in [7, 11) is 1.62. The molecular formula is C13H11N3O2. The van der Waals surface area contributed by atoms with Crippen LogP contribution in [0.4, 0.5) is 5.69 Å². The molecule has 0 aliphatic carbocycles. The van der Waals surface area contributed by atoms with Gasteiger partial charge in [-0.15, -0.1) is 0 Å². The van der Waals surface area contributed by atoms with E-state index in [1.165, 1.54) is 0 Å². The summed E-state index contributed by atoms with van der Waals surface area (Å²) in [6, 6.07) is 9.14. The smallest absolute Gasteiger partial charge is 0.249 e. The minimum atomic E-state index is 0.445. The Balaban J connectivity index is 2.10. The molecule has 0 fully saturated rings. The summed E-state index contributed by atoms with van der Waals surface area (Å²) in [5.41, 5.74) is 8.26. The maximum absolute atomic E-state index is 5.81. The molecule has 1 aromatic carbocycles. The van der Waals surface area contributed by atoms with Gasteiger partial charge in [0.05, 0.1) is 12.8 Å². The van der Waals surface area contributed by atoms with Crippen molar-refractivity contribution >= 4 is 16.9 Å². The standard InChI is InChI=1S/C13H11N3O2/c1-17-9-4-2-8(3-5-9)12-16-11-10(14)6-7-15-13(11)18-12/h2-7H,1H3,(H2,14,15). The number of nitrogen functional groups attached to an aromatic ring is 1. The first-order chi connectivity index (χ1) is 8.78. The SMILES string of the molecule is COc1ccc(-c2nc3c(N)ccnc3o2)cc1. The van der Waals surface area contributed by atoms with E-state index in [-0.39, 0.29) is 0 Å². The fourth-order valence-corrected chi connectivity index (χ4v) is 1.71. The Labute approximate surface area is 103 Å². The minimum Gasteiger partial charge on any atom is -0.497 e. The lowest BCUT2D eigenvalue weighted by molar-refractivity contribution is 0.415. The number of fused-ring (bicyclic) bond motifs is 1. The van der Waals surface area contributed by atoms with Crippen molar-refractivity contribution in [3.63, 3.8) is 0 Å². The fraction of sp³-hybridized carbons (Fsp3) is 0.0769. The van der Waals surface area contributed by atoms with E-state index >= 15 is 0 Å². The van der Waals surface area contributed by atoms with Crippen LogP contribution in [0.2, 0.25) is 0 Å². The second-order valence-electron chi connectivity index (χ2n) is 3.80. The predicted molar refractivity (Wildman–Crippen MR) is 68.2 cm³/mol. The van der Waals surface area contributed by atoms with Gasteiger partial charge < -0.3 is 14.9 Å². The van der Waals surface area contributed by atoms with E-state index in [4.69, 9.17) is 14.9 Å². The number of hydrogen-bond donors (Lipinski definition) is 1. The molecule has 18 heavy (non-hydrogen) atoms. The van der Waals surface area contributed by atoms with E-state index in [1.54, 1.807) is 19.4 Å². The number of ether oxygens (including phenoxy) is 1. The molecule has 5 heteroatoms. The van der Waals surface area contributed by atoms with Crippen LogP contribution in [0.1, 0.15) is 0 Å². The molecular weight excluding hydrogens is 230 g/mol. The van der Waals surface area contributed by atoms with Crippen molar-refractivity contribution in [2.75, 3.05) is 12.8 Å². The number of anilines is 1. The highest BCUT2D eigenvalue weighted by atomic mass is 16.5. The highest BCUT2D eigenvalue weighted by Crippen LogP contribution is 2.26. The second-order valence-corrected chi connectivity index (χ2v) is 3.80. The summed E-state index contributed by atoms with van der Waals surface area (Å²) in [5, 5.41) is 0. The van der Waals surface area contributed by atoms with Crippen LogP contribution in [-0.4, -0.2) is 17.1 Å². The van der Waals surface area contributed by atoms with Gasteiger partial charge in [-0.3, -0.25) is 0 Å². The largest absolute Gasteiger partial charge is 0.497 e. The number of nitrogens with zero attached hydrogens (tertiary/aromatic N) is 2. The average Bonchev–Trinajstić information content (AvgIpc) is 2.84. The highest BCUT2D eigenvalue weighted by Gasteiger charge is 2.10. The van der Waals surface area contributed by atoms with Crippen LogP contribution >= 0.6 is 0 Å². The summed E-state index contributed by atoms with van der Waals surface area (Å²) in [6.07, 6.45) is 1.60. The van der Waals surface area contributed by atoms with Gasteiger partial charge in [0, 0.05) is 11.8 Å². The Morgan fingerprint density at radius 3 is 2.61 bits per heavy atom. The summed E-state index contributed by atoms with van der Waals surface area (Å²) in [6.45, 7) is 0. The van der Waals surface area contributed by atoms with Crippen molar-refractivity contribution in [2.24, 2.45) is 0 Å². The molecule has 0 unspecified atom stereocenters. The molecule has 0 saturated carbocycles. The number of rotatable bonds is 2. The maximum Gasteiger partial charge on any atom is 0.249 e. The van der Waals surface area contributed by atoms with Crippen LogP contribution in [-0.2, 0) is 0 Å². The van der Waals surface area contributed by atoms with Gasteiger partial charge in [-0.05, 0) is 30.3 Å². The van der Waals surface area contributed by atoms with E-state index in [0.29, 0.717) is 22.8 Å². The zero-order valence-corrected chi connectivity index (χ0v) is 9.75. The Morgan fingerprint density at radius 1 is 1.17 bits per heavy atom. The monoisotopic (exact) mass is 241 g/mol. The maximum atomic E-state index is 5.81. The molecule has 0 saturated heterocycles. The number of oxazole rings is 1. The van der Waals surface area contributed by atoms with Crippen molar-refractivity contribution in [3.8, 4) is 17.2 Å². The second kappa shape index (κ2) is 4.03. The summed E-state index contributed by atoms with van der Waals surface area (Å²) < 4.78 is 10.7. The lowest BCUT2D eigenvalue weighted by Gasteiger charge is -1.99. The average molecular weight is 241 g/mol. The van der Waals surface area contributed by atoms with Crippen molar-refractivity contribution in [2.45, 2.75) is 0 Å². The van der Waals surface area contributed by atoms with E-state index in [1.807, 2.05) is 24.3 Å². The van der Waals surface area contributed by atoms with Gasteiger partial charge in [-0.2, -0.15) is 0 Å². The molecule has 3 aromatic rings. The van der Waals surface area contributed by atoms with E-state index < -0.39 is 0 Å². The fourth-order valence-electron chi connectivity index (χ4n) is 1.71. The van der Waals surface area contributed by atoms with Crippen LogP contribution in [0, 0.1) is 0 Å².